The van der Waals surface area contributed by atoms with Gasteiger partial charge in [-0.15, -0.1) is 10.8 Å². The first-order valence-corrected chi connectivity index (χ1v) is 12.3. The number of rotatable bonds is 4. The van der Waals surface area contributed by atoms with Crippen molar-refractivity contribution in [3.05, 3.63) is 51.5 Å². The van der Waals surface area contributed by atoms with Crippen molar-refractivity contribution in [1.29, 1.82) is 0 Å². The van der Waals surface area contributed by atoms with Gasteiger partial charge in [0.25, 0.3) is 11.5 Å². The maximum Gasteiger partial charge on any atom is 0.296 e. The smallest absolute Gasteiger partial charge is 0.296 e. The molecule has 1 saturated heterocycles. The first-order chi connectivity index (χ1) is 15.5. The van der Waals surface area contributed by atoms with Gasteiger partial charge in [0.15, 0.2) is 5.69 Å². The summed E-state index contributed by atoms with van der Waals surface area (Å²) in [6, 6.07) is 4.23. The van der Waals surface area contributed by atoms with Crippen molar-refractivity contribution in [1.82, 2.24) is 14.9 Å². The monoisotopic (exact) mass is 482 g/mol. The third-order valence-electron chi connectivity index (χ3n) is 5.82. The minimum atomic E-state index is -3.18. The standard InChI is InChI=1S/C21H27FN4O6S/c1-21(2)20-24-15(17(27)19(29)25(20)9-10-32-21)18(28)23-12-13-6-5-7-14(22)16(13)26-8-3-4-11-33(26,30)31/h5-7,27,30-31H,3-4,8-12H2,1-2H3,(H,23,28). The molecular formula is C21H27FN4O6S. The number of aromatic nitrogens is 2. The van der Waals surface area contributed by atoms with E-state index in [0.717, 1.165) is 0 Å². The van der Waals surface area contributed by atoms with E-state index in [1.54, 1.807) is 19.9 Å². The van der Waals surface area contributed by atoms with E-state index in [-0.39, 0.29) is 43.5 Å². The van der Waals surface area contributed by atoms with Crippen molar-refractivity contribution in [2.75, 3.05) is 23.2 Å². The van der Waals surface area contributed by atoms with E-state index in [1.165, 1.54) is 21.0 Å². The largest absolute Gasteiger partial charge is 0.501 e. The lowest BCUT2D eigenvalue weighted by Crippen LogP contribution is -2.42. The third kappa shape index (κ3) is 4.31. The molecule has 0 saturated carbocycles. The van der Waals surface area contributed by atoms with Crippen LogP contribution in [0.3, 0.4) is 0 Å². The van der Waals surface area contributed by atoms with Gasteiger partial charge in [0.2, 0.25) is 5.75 Å². The number of halogens is 1. The highest BCUT2D eigenvalue weighted by atomic mass is 32.3. The predicted octanol–water partition coefficient (Wildman–Crippen LogP) is 2.55. The van der Waals surface area contributed by atoms with Gasteiger partial charge in [0.05, 0.1) is 24.6 Å². The van der Waals surface area contributed by atoms with Gasteiger partial charge in [-0.3, -0.25) is 27.6 Å². The van der Waals surface area contributed by atoms with E-state index in [4.69, 9.17) is 4.74 Å². The number of nitrogens with zero attached hydrogens (tertiary/aromatic N) is 3. The highest BCUT2D eigenvalue weighted by molar-refractivity contribution is 8.25. The minimum absolute atomic E-state index is 0.00900. The Morgan fingerprint density at radius 2 is 2.06 bits per heavy atom. The van der Waals surface area contributed by atoms with Gasteiger partial charge in [-0.1, -0.05) is 12.1 Å². The van der Waals surface area contributed by atoms with Crippen LogP contribution in [-0.2, 0) is 23.4 Å². The summed E-state index contributed by atoms with van der Waals surface area (Å²) in [5, 5.41) is 12.9. The molecular weight excluding hydrogens is 455 g/mol. The Labute approximate surface area is 191 Å². The second-order valence-electron chi connectivity index (χ2n) is 8.52. The van der Waals surface area contributed by atoms with Crippen LogP contribution >= 0.6 is 10.8 Å². The van der Waals surface area contributed by atoms with Gasteiger partial charge >= 0.3 is 0 Å². The number of hydrogen-bond acceptors (Lipinski definition) is 8. The number of ether oxygens (including phenoxy) is 1. The van der Waals surface area contributed by atoms with Gasteiger partial charge in [-0.25, -0.2) is 9.37 Å². The molecule has 0 spiro atoms. The quantitative estimate of drug-likeness (QED) is 0.522. The summed E-state index contributed by atoms with van der Waals surface area (Å²) in [5.41, 5.74) is -1.79. The molecule has 180 valence electrons. The van der Waals surface area contributed by atoms with E-state index < -0.39 is 45.1 Å². The molecule has 4 N–H and O–H groups in total. The van der Waals surface area contributed by atoms with Crippen LogP contribution in [0.25, 0.3) is 0 Å². The normalized spacial score (nSPS) is 20.1. The maximum atomic E-state index is 14.7. The molecule has 0 aliphatic carbocycles. The molecule has 0 radical (unpaired) electrons. The molecule has 12 heteroatoms. The van der Waals surface area contributed by atoms with Crippen LogP contribution in [0.4, 0.5) is 10.1 Å². The molecule has 33 heavy (non-hydrogen) atoms. The first kappa shape index (κ1) is 23.5. The van der Waals surface area contributed by atoms with Crippen molar-refractivity contribution < 1.29 is 28.1 Å². The number of carbonyl (C=O) groups is 1. The van der Waals surface area contributed by atoms with Crippen molar-refractivity contribution in [3.8, 4) is 5.75 Å². The van der Waals surface area contributed by atoms with Crippen molar-refractivity contribution >= 4 is 22.4 Å². The lowest BCUT2D eigenvalue weighted by atomic mass is 10.1. The van der Waals surface area contributed by atoms with E-state index >= 15 is 0 Å². The summed E-state index contributed by atoms with van der Waals surface area (Å²) in [5.74, 6) is -1.89. The SMILES string of the molecule is CC1(C)OCCn2c1nc(C(=O)NCc1cccc(F)c1N1CCCCS1(O)O)c(O)c2=O. The number of amides is 1. The molecule has 2 aliphatic heterocycles. The zero-order chi connectivity index (χ0) is 24.0. The number of anilines is 1. The van der Waals surface area contributed by atoms with Crippen LogP contribution in [0.5, 0.6) is 5.75 Å². The van der Waals surface area contributed by atoms with Gasteiger partial charge in [0, 0.05) is 13.1 Å². The fourth-order valence-electron chi connectivity index (χ4n) is 4.13. The number of fused-ring (bicyclic) bond motifs is 1. The summed E-state index contributed by atoms with van der Waals surface area (Å²) >= 11 is 0. The Morgan fingerprint density at radius 1 is 1.30 bits per heavy atom. The lowest BCUT2D eigenvalue weighted by Gasteiger charge is -2.48. The topological polar surface area (TPSA) is 137 Å². The molecule has 10 nitrogen and oxygen atoms in total. The van der Waals surface area contributed by atoms with Gasteiger partial charge < -0.3 is 15.2 Å². The fraction of sp³-hybridized carbons (Fsp3) is 0.476. The molecule has 1 aromatic heterocycles. The molecule has 3 heterocycles. The molecule has 1 fully saturated rings. The van der Waals surface area contributed by atoms with Gasteiger partial charge in [-0.2, -0.15) is 0 Å². The Balaban J connectivity index is 1.63. The van der Waals surface area contributed by atoms with E-state index in [0.29, 0.717) is 18.4 Å². The predicted molar refractivity (Wildman–Crippen MR) is 121 cm³/mol. The summed E-state index contributed by atoms with van der Waals surface area (Å²) in [7, 11) is -3.18. The zero-order valence-corrected chi connectivity index (χ0v) is 19.2. The molecule has 0 unspecified atom stereocenters. The number of nitrogens with one attached hydrogen (secondary N) is 1. The van der Waals surface area contributed by atoms with E-state index in [2.05, 4.69) is 10.3 Å². The first-order valence-electron chi connectivity index (χ1n) is 10.6. The number of aromatic hydroxyl groups is 1. The zero-order valence-electron chi connectivity index (χ0n) is 18.4. The van der Waals surface area contributed by atoms with Crippen LogP contribution in [0.2, 0.25) is 0 Å². The number of carbonyl (C=O) groups excluding carboxylic acids is 1. The Kier molecular flexibility index (Phi) is 6.12. The minimum Gasteiger partial charge on any atom is -0.501 e. The second-order valence-corrected chi connectivity index (χ2v) is 10.6. The Morgan fingerprint density at radius 3 is 2.79 bits per heavy atom. The average Bonchev–Trinajstić information content (AvgIpc) is 2.75. The fourth-order valence-corrected chi connectivity index (χ4v) is 5.86. The molecule has 2 aliphatic rings. The van der Waals surface area contributed by atoms with Crippen molar-refractivity contribution in [3.63, 3.8) is 0 Å². The lowest BCUT2D eigenvalue weighted by molar-refractivity contribution is -0.0566. The van der Waals surface area contributed by atoms with Crippen LogP contribution in [0.1, 0.15) is 48.6 Å². The van der Waals surface area contributed by atoms with E-state index in [1.807, 2.05) is 0 Å². The molecule has 0 atom stereocenters. The second kappa shape index (κ2) is 8.60. The van der Waals surface area contributed by atoms with Crippen molar-refractivity contribution in [2.24, 2.45) is 0 Å². The number of hydrogen-bond donors (Lipinski definition) is 4. The summed E-state index contributed by atoms with van der Waals surface area (Å²) < 4.78 is 43.8. The Hall–Kier alpha value is -2.67. The average molecular weight is 483 g/mol. The summed E-state index contributed by atoms with van der Waals surface area (Å²) in [6.07, 6.45) is 1.29. The van der Waals surface area contributed by atoms with Gasteiger partial charge in [-0.05, 0) is 38.3 Å². The molecule has 4 rings (SSSR count). The highest BCUT2D eigenvalue weighted by Crippen LogP contribution is 2.51. The highest BCUT2D eigenvalue weighted by Gasteiger charge is 2.35. The summed E-state index contributed by atoms with van der Waals surface area (Å²) in [4.78, 5) is 29.7. The number of para-hydroxylation sites is 1. The molecule has 0 bridgehead atoms. The van der Waals surface area contributed by atoms with Crippen LogP contribution < -0.4 is 15.2 Å². The molecule has 1 aromatic carbocycles. The van der Waals surface area contributed by atoms with Crippen molar-refractivity contribution in [2.45, 2.75) is 45.4 Å². The summed E-state index contributed by atoms with van der Waals surface area (Å²) in [6.45, 7) is 3.97. The van der Waals surface area contributed by atoms with E-state index in [9.17, 15) is 28.2 Å². The van der Waals surface area contributed by atoms with Crippen LogP contribution in [-0.4, -0.2) is 48.6 Å². The van der Waals surface area contributed by atoms with Crippen LogP contribution in [0.15, 0.2) is 23.0 Å². The molecule has 2 aromatic rings. The Bertz CT molecular complexity index is 1150. The number of benzene rings is 1. The van der Waals surface area contributed by atoms with Crippen LogP contribution in [0, 0.1) is 5.82 Å². The third-order valence-corrected chi connectivity index (χ3v) is 7.73. The van der Waals surface area contributed by atoms with Gasteiger partial charge in [0.1, 0.15) is 17.2 Å². The molecule has 1 amide bonds. The maximum absolute atomic E-state index is 14.7.